The van der Waals surface area contributed by atoms with E-state index in [1.165, 1.54) is 37.1 Å². The van der Waals surface area contributed by atoms with Crippen LogP contribution < -0.4 is 10.6 Å². The first kappa shape index (κ1) is 18.0. The highest BCUT2D eigenvalue weighted by atomic mass is 19.1. The van der Waals surface area contributed by atoms with Gasteiger partial charge in [0, 0.05) is 11.7 Å². The lowest BCUT2D eigenvalue weighted by Gasteiger charge is -2.16. The Hall–Kier alpha value is -2.76. The van der Waals surface area contributed by atoms with E-state index < -0.39 is 5.91 Å². The van der Waals surface area contributed by atoms with Gasteiger partial charge >= 0.3 is 0 Å². The third-order valence-corrected chi connectivity index (χ3v) is 4.51. The van der Waals surface area contributed by atoms with Gasteiger partial charge in [-0.15, -0.1) is 0 Å². The molecule has 0 unspecified atom stereocenters. The van der Waals surface area contributed by atoms with E-state index in [4.69, 9.17) is 0 Å². The Balaban J connectivity index is 1.65. The van der Waals surface area contributed by atoms with Crippen molar-refractivity contribution in [3.8, 4) is 0 Å². The molecule has 1 fully saturated rings. The number of anilines is 1. The summed E-state index contributed by atoms with van der Waals surface area (Å²) in [6, 6.07) is 10.4. The fourth-order valence-corrected chi connectivity index (χ4v) is 3.10. The van der Waals surface area contributed by atoms with Crippen molar-refractivity contribution in [2.45, 2.75) is 44.6 Å². The summed E-state index contributed by atoms with van der Waals surface area (Å²) in [5.41, 5.74) is 0.829. The van der Waals surface area contributed by atoms with E-state index in [2.05, 4.69) is 15.6 Å². The van der Waals surface area contributed by atoms with Gasteiger partial charge in [0.2, 0.25) is 0 Å². The zero-order chi connectivity index (χ0) is 18.4. The number of carbonyl (C=O) groups is 2. The molecule has 0 radical (unpaired) electrons. The number of halogens is 1. The van der Waals surface area contributed by atoms with Crippen LogP contribution >= 0.6 is 0 Å². The number of benzene rings is 1. The molecule has 1 aromatic heterocycles. The molecule has 2 aromatic rings. The zero-order valence-corrected chi connectivity index (χ0v) is 14.5. The second kappa shape index (κ2) is 8.56. The Morgan fingerprint density at radius 1 is 0.885 bits per heavy atom. The quantitative estimate of drug-likeness (QED) is 0.817. The van der Waals surface area contributed by atoms with Crippen LogP contribution in [0.3, 0.4) is 0 Å². The lowest BCUT2D eigenvalue weighted by Crippen LogP contribution is -2.35. The topological polar surface area (TPSA) is 71.1 Å². The van der Waals surface area contributed by atoms with E-state index in [1.807, 2.05) is 0 Å². The number of nitrogens with one attached hydrogen (secondary N) is 2. The SMILES string of the molecule is O=C(Nc1ccc(F)cc1)c1cccc(C(=O)NC2CCCCCC2)n1. The zero-order valence-electron chi connectivity index (χ0n) is 14.5. The number of hydrogen-bond acceptors (Lipinski definition) is 3. The van der Waals surface area contributed by atoms with E-state index in [1.54, 1.807) is 18.2 Å². The van der Waals surface area contributed by atoms with E-state index in [9.17, 15) is 14.0 Å². The van der Waals surface area contributed by atoms with Crippen LogP contribution in [0.4, 0.5) is 10.1 Å². The Morgan fingerprint density at radius 3 is 2.15 bits per heavy atom. The van der Waals surface area contributed by atoms with Gasteiger partial charge in [0.1, 0.15) is 17.2 Å². The summed E-state index contributed by atoms with van der Waals surface area (Å²) >= 11 is 0. The highest BCUT2D eigenvalue weighted by molar-refractivity contribution is 6.03. The average molecular weight is 355 g/mol. The van der Waals surface area contributed by atoms with Crippen molar-refractivity contribution in [3.63, 3.8) is 0 Å². The number of hydrogen-bond donors (Lipinski definition) is 2. The third kappa shape index (κ3) is 4.88. The number of pyridine rings is 1. The predicted molar refractivity (Wildman–Crippen MR) is 97.5 cm³/mol. The lowest BCUT2D eigenvalue weighted by atomic mass is 10.1. The minimum atomic E-state index is -0.444. The molecule has 26 heavy (non-hydrogen) atoms. The van der Waals surface area contributed by atoms with E-state index in [0.29, 0.717) is 5.69 Å². The van der Waals surface area contributed by atoms with Gasteiger partial charge in [-0.2, -0.15) is 0 Å². The number of amides is 2. The van der Waals surface area contributed by atoms with Crippen LogP contribution in [0.1, 0.15) is 59.5 Å². The highest BCUT2D eigenvalue weighted by Crippen LogP contribution is 2.17. The van der Waals surface area contributed by atoms with Gasteiger partial charge in [0.05, 0.1) is 0 Å². The maximum Gasteiger partial charge on any atom is 0.274 e. The summed E-state index contributed by atoms with van der Waals surface area (Å²) in [5, 5.41) is 5.66. The van der Waals surface area contributed by atoms with Crippen LogP contribution in [0.15, 0.2) is 42.5 Å². The first-order valence-corrected chi connectivity index (χ1v) is 8.96. The molecule has 1 aliphatic carbocycles. The van der Waals surface area contributed by atoms with E-state index in [-0.39, 0.29) is 29.2 Å². The molecule has 2 amide bonds. The van der Waals surface area contributed by atoms with Gasteiger partial charge < -0.3 is 10.6 Å². The minimum Gasteiger partial charge on any atom is -0.348 e. The molecule has 136 valence electrons. The molecule has 2 N–H and O–H groups in total. The van der Waals surface area contributed by atoms with Crippen molar-refractivity contribution in [1.29, 1.82) is 0 Å². The molecule has 0 aliphatic heterocycles. The first-order valence-electron chi connectivity index (χ1n) is 8.96. The molecule has 0 atom stereocenters. The Labute approximate surface area is 152 Å². The van der Waals surface area contributed by atoms with Crippen molar-refractivity contribution in [2.24, 2.45) is 0 Å². The van der Waals surface area contributed by atoms with Crippen molar-refractivity contribution in [2.75, 3.05) is 5.32 Å². The van der Waals surface area contributed by atoms with Crippen LogP contribution in [0.25, 0.3) is 0 Å². The maximum atomic E-state index is 12.9. The summed E-state index contributed by atoms with van der Waals surface area (Å²) in [4.78, 5) is 28.9. The van der Waals surface area contributed by atoms with Gasteiger partial charge in [0.15, 0.2) is 0 Å². The molecule has 0 spiro atoms. The number of aromatic nitrogens is 1. The molecule has 1 aliphatic rings. The summed E-state index contributed by atoms with van der Waals surface area (Å²) in [5.74, 6) is -1.08. The van der Waals surface area contributed by atoms with Crippen LogP contribution in [-0.2, 0) is 0 Å². The lowest BCUT2D eigenvalue weighted by molar-refractivity contribution is 0.0928. The number of nitrogens with zero attached hydrogens (tertiary/aromatic N) is 1. The van der Waals surface area contributed by atoms with Crippen molar-refractivity contribution in [3.05, 3.63) is 59.7 Å². The van der Waals surface area contributed by atoms with Gasteiger partial charge in [-0.1, -0.05) is 31.7 Å². The summed E-state index contributed by atoms with van der Waals surface area (Å²) < 4.78 is 12.9. The largest absolute Gasteiger partial charge is 0.348 e. The Bertz CT molecular complexity index is 769. The van der Waals surface area contributed by atoms with Gasteiger partial charge in [-0.25, -0.2) is 9.37 Å². The molecule has 6 heteroatoms. The minimum absolute atomic E-state index is 0.142. The second-order valence-electron chi connectivity index (χ2n) is 6.53. The van der Waals surface area contributed by atoms with E-state index >= 15 is 0 Å². The normalized spacial score (nSPS) is 15.1. The molecule has 0 saturated heterocycles. The van der Waals surface area contributed by atoms with Crippen LogP contribution in [0.2, 0.25) is 0 Å². The van der Waals surface area contributed by atoms with Crippen molar-refractivity contribution in [1.82, 2.24) is 10.3 Å². The predicted octanol–water partition coefficient (Wildman–Crippen LogP) is 3.93. The summed E-state index contributed by atoms with van der Waals surface area (Å²) in [6.07, 6.45) is 6.64. The smallest absolute Gasteiger partial charge is 0.274 e. The van der Waals surface area contributed by atoms with Crippen LogP contribution in [0.5, 0.6) is 0 Å². The summed E-state index contributed by atoms with van der Waals surface area (Å²) in [7, 11) is 0. The van der Waals surface area contributed by atoms with Crippen molar-refractivity contribution < 1.29 is 14.0 Å². The molecule has 1 aromatic carbocycles. The standard InChI is InChI=1S/C20H22FN3O2/c21-14-10-12-16(13-11-14)23-20(26)18-9-5-8-17(24-18)19(25)22-15-6-3-1-2-4-7-15/h5,8-13,15H,1-4,6-7H2,(H,22,25)(H,23,26). The fraction of sp³-hybridized carbons (Fsp3) is 0.350. The van der Waals surface area contributed by atoms with Crippen molar-refractivity contribution >= 4 is 17.5 Å². The maximum absolute atomic E-state index is 12.9. The van der Waals surface area contributed by atoms with Crippen LogP contribution in [0, 0.1) is 5.82 Å². The second-order valence-corrected chi connectivity index (χ2v) is 6.53. The molecule has 5 nitrogen and oxygen atoms in total. The summed E-state index contributed by atoms with van der Waals surface area (Å²) in [6.45, 7) is 0. The molecular weight excluding hydrogens is 333 g/mol. The van der Waals surface area contributed by atoms with Gasteiger partial charge in [-0.05, 0) is 49.2 Å². The molecular formula is C20H22FN3O2. The third-order valence-electron chi connectivity index (χ3n) is 4.51. The van der Waals surface area contributed by atoms with E-state index in [0.717, 1.165) is 25.7 Å². The van der Waals surface area contributed by atoms with Gasteiger partial charge in [0.25, 0.3) is 11.8 Å². The number of rotatable bonds is 4. The molecule has 1 heterocycles. The molecule has 3 rings (SSSR count). The van der Waals surface area contributed by atoms with Gasteiger partial charge in [-0.3, -0.25) is 9.59 Å². The Kier molecular flexibility index (Phi) is 5.94. The Morgan fingerprint density at radius 2 is 1.50 bits per heavy atom. The average Bonchev–Trinajstić information content (AvgIpc) is 2.92. The number of carbonyl (C=O) groups excluding carboxylic acids is 2. The molecule has 0 bridgehead atoms. The fourth-order valence-electron chi connectivity index (χ4n) is 3.10. The monoisotopic (exact) mass is 355 g/mol. The van der Waals surface area contributed by atoms with Crippen LogP contribution in [-0.4, -0.2) is 22.8 Å². The first-order chi connectivity index (χ1) is 12.6. The highest BCUT2D eigenvalue weighted by Gasteiger charge is 2.18. The molecule has 1 saturated carbocycles.